The van der Waals surface area contributed by atoms with Gasteiger partial charge in [-0.2, -0.15) is 0 Å². The van der Waals surface area contributed by atoms with Crippen molar-refractivity contribution in [2.24, 2.45) is 5.92 Å². The Kier molecular flexibility index (Phi) is 2.67. The topological polar surface area (TPSA) is 63.6 Å². The summed E-state index contributed by atoms with van der Waals surface area (Å²) >= 11 is 0. The smallest absolute Gasteiger partial charge is 0.175 e. The van der Waals surface area contributed by atoms with E-state index in [2.05, 4.69) is 0 Å². The molecule has 1 aromatic rings. The van der Waals surface area contributed by atoms with Crippen LogP contribution in [0.5, 0.6) is 5.75 Å². The van der Waals surface area contributed by atoms with Crippen molar-refractivity contribution >= 4 is 9.84 Å². The van der Waals surface area contributed by atoms with E-state index >= 15 is 0 Å². The van der Waals surface area contributed by atoms with Crippen LogP contribution in [0, 0.1) is 5.92 Å². The lowest BCUT2D eigenvalue weighted by Gasteiger charge is -2.27. The summed E-state index contributed by atoms with van der Waals surface area (Å²) in [6, 6.07) is 4.59. The number of aliphatic hydroxyl groups is 1. The summed E-state index contributed by atoms with van der Waals surface area (Å²) in [5, 5.41) is 9.89. The third kappa shape index (κ3) is 1.92. The molecule has 5 heteroatoms. The van der Waals surface area contributed by atoms with Crippen LogP contribution in [-0.2, 0) is 9.84 Å². The van der Waals surface area contributed by atoms with E-state index in [0.717, 1.165) is 6.26 Å². The highest BCUT2D eigenvalue weighted by Crippen LogP contribution is 2.36. The zero-order valence-corrected chi connectivity index (χ0v) is 9.99. The zero-order valence-electron chi connectivity index (χ0n) is 9.17. The normalized spacial score (nSPS) is 24.7. The summed E-state index contributed by atoms with van der Waals surface area (Å²) in [5.41, 5.74) is 0.658. The molecule has 88 valence electrons. The second kappa shape index (κ2) is 3.75. The Morgan fingerprint density at radius 3 is 2.75 bits per heavy atom. The molecular formula is C11H14O4S. The Balaban J connectivity index is 2.49. The fourth-order valence-corrected chi connectivity index (χ4v) is 2.37. The lowest BCUT2D eigenvalue weighted by Crippen LogP contribution is -2.23. The van der Waals surface area contributed by atoms with Gasteiger partial charge in [0, 0.05) is 17.7 Å². The fraction of sp³-hybridized carbons (Fsp3) is 0.455. The van der Waals surface area contributed by atoms with Crippen LogP contribution in [0.15, 0.2) is 23.1 Å². The minimum absolute atomic E-state index is 0.0246. The molecule has 0 aliphatic carbocycles. The van der Waals surface area contributed by atoms with E-state index in [9.17, 15) is 13.5 Å². The first-order valence-electron chi connectivity index (χ1n) is 5.04. The van der Waals surface area contributed by atoms with Crippen LogP contribution in [0.3, 0.4) is 0 Å². The van der Waals surface area contributed by atoms with Gasteiger partial charge in [-0.1, -0.05) is 13.0 Å². The van der Waals surface area contributed by atoms with Crippen LogP contribution in [-0.4, -0.2) is 26.4 Å². The molecular weight excluding hydrogens is 228 g/mol. The number of benzene rings is 1. The van der Waals surface area contributed by atoms with Gasteiger partial charge in [-0.3, -0.25) is 0 Å². The van der Waals surface area contributed by atoms with Gasteiger partial charge in [0.05, 0.1) is 17.6 Å². The largest absolute Gasteiger partial charge is 0.493 e. The van der Waals surface area contributed by atoms with E-state index in [0.29, 0.717) is 17.9 Å². The monoisotopic (exact) mass is 242 g/mol. The molecule has 1 aromatic carbocycles. The third-order valence-electron chi connectivity index (χ3n) is 2.77. The van der Waals surface area contributed by atoms with Gasteiger partial charge in [-0.15, -0.1) is 0 Å². The summed E-state index contributed by atoms with van der Waals surface area (Å²) < 4.78 is 28.1. The van der Waals surface area contributed by atoms with Crippen LogP contribution >= 0.6 is 0 Å². The van der Waals surface area contributed by atoms with Crippen molar-refractivity contribution < 1.29 is 18.3 Å². The fourth-order valence-electron chi connectivity index (χ4n) is 1.73. The number of hydrogen-bond acceptors (Lipinski definition) is 4. The van der Waals surface area contributed by atoms with Gasteiger partial charge in [-0.25, -0.2) is 8.42 Å². The van der Waals surface area contributed by atoms with Gasteiger partial charge in [-0.05, 0) is 12.1 Å². The Morgan fingerprint density at radius 2 is 2.12 bits per heavy atom. The van der Waals surface area contributed by atoms with Crippen molar-refractivity contribution in [1.29, 1.82) is 0 Å². The maximum absolute atomic E-state index is 11.3. The molecule has 2 unspecified atom stereocenters. The first-order valence-corrected chi connectivity index (χ1v) is 6.93. The molecule has 4 nitrogen and oxygen atoms in total. The highest BCUT2D eigenvalue weighted by molar-refractivity contribution is 7.90. The molecule has 16 heavy (non-hydrogen) atoms. The molecule has 0 radical (unpaired) electrons. The number of ether oxygens (including phenoxy) is 1. The van der Waals surface area contributed by atoms with Crippen LogP contribution in [0.4, 0.5) is 0 Å². The maximum Gasteiger partial charge on any atom is 0.175 e. The van der Waals surface area contributed by atoms with Crippen LogP contribution < -0.4 is 4.74 Å². The summed E-state index contributed by atoms with van der Waals surface area (Å²) in [4.78, 5) is 0.216. The molecule has 0 spiro atoms. The Labute approximate surface area is 94.8 Å². The molecule has 1 heterocycles. The standard InChI is InChI=1S/C11H14O4S/c1-7-6-15-10-5-8(16(2,13)14)3-4-9(10)11(7)12/h3-5,7,11-12H,6H2,1-2H3. The quantitative estimate of drug-likeness (QED) is 0.802. The van der Waals surface area contributed by atoms with E-state index < -0.39 is 15.9 Å². The summed E-state index contributed by atoms with van der Waals surface area (Å²) in [6.07, 6.45) is 0.564. The van der Waals surface area contributed by atoms with Crippen molar-refractivity contribution in [2.45, 2.75) is 17.9 Å². The number of rotatable bonds is 1. The van der Waals surface area contributed by atoms with Crippen LogP contribution in [0.1, 0.15) is 18.6 Å². The highest BCUT2D eigenvalue weighted by atomic mass is 32.2. The molecule has 1 aliphatic heterocycles. The zero-order chi connectivity index (χ0) is 11.9. The molecule has 2 atom stereocenters. The van der Waals surface area contributed by atoms with Crippen molar-refractivity contribution in [3.05, 3.63) is 23.8 Å². The van der Waals surface area contributed by atoms with Gasteiger partial charge in [0.15, 0.2) is 9.84 Å². The van der Waals surface area contributed by atoms with Gasteiger partial charge in [0.25, 0.3) is 0 Å². The number of sulfone groups is 1. The van der Waals surface area contributed by atoms with E-state index in [-0.39, 0.29) is 10.8 Å². The SMILES string of the molecule is CC1COc2cc(S(C)(=O)=O)ccc2C1O. The van der Waals surface area contributed by atoms with Crippen LogP contribution in [0.2, 0.25) is 0 Å². The molecule has 0 saturated carbocycles. The molecule has 1 N–H and O–H groups in total. The van der Waals surface area contributed by atoms with Gasteiger partial charge >= 0.3 is 0 Å². The predicted molar refractivity (Wildman–Crippen MR) is 59.2 cm³/mol. The highest BCUT2D eigenvalue weighted by Gasteiger charge is 2.26. The first-order chi connectivity index (χ1) is 7.39. The summed E-state index contributed by atoms with van der Waals surface area (Å²) in [6.45, 7) is 2.29. The molecule has 1 aliphatic rings. The van der Waals surface area contributed by atoms with E-state index in [1.54, 1.807) is 6.07 Å². The second-order valence-corrected chi connectivity index (χ2v) is 6.22. The summed E-state index contributed by atoms with van der Waals surface area (Å²) in [5.74, 6) is 0.491. The molecule has 0 amide bonds. The number of fused-ring (bicyclic) bond motifs is 1. The van der Waals surface area contributed by atoms with Crippen molar-refractivity contribution in [3.63, 3.8) is 0 Å². The molecule has 0 saturated heterocycles. The minimum Gasteiger partial charge on any atom is -0.493 e. The predicted octanol–water partition coefficient (Wildman–Crippen LogP) is 1.15. The van der Waals surface area contributed by atoms with E-state index in [1.165, 1.54) is 12.1 Å². The minimum atomic E-state index is -3.23. The maximum atomic E-state index is 11.3. The molecule has 0 aromatic heterocycles. The van der Waals surface area contributed by atoms with E-state index in [4.69, 9.17) is 4.74 Å². The van der Waals surface area contributed by atoms with E-state index in [1.807, 2.05) is 6.92 Å². The van der Waals surface area contributed by atoms with Crippen molar-refractivity contribution in [3.8, 4) is 5.75 Å². The van der Waals surface area contributed by atoms with Crippen LogP contribution in [0.25, 0.3) is 0 Å². The lowest BCUT2D eigenvalue weighted by molar-refractivity contribution is 0.0601. The second-order valence-electron chi connectivity index (χ2n) is 4.20. The average molecular weight is 242 g/mol. The number of aliphatic hydroxyl groups excluding tert-OH is 1. The number of hydrogen-bond donors (Lipinski definition) is 1. The average Bonchev–Trinajstić information content (AvgIpc) is 2.22. The Bertz CT molecular complexity index is 507. The van der Waals surface area contributed by atoms with Gasteiger partial charge in [0.2, 0.25) is 0 Å². The summed E-state index contributed by atoms with van der Waals surface area (Å²) in [7, 11) is -3.23. The Hall–Kier alpha value is -1.07. The lowest BCUT2D eigenvalue weighted by atomic mass is 9.95. The first kappa shape index (κ1) is 11.4. The molecule has 2 rings (SSSR count). The molecule has 0 bridgehead atoms. The third-order valence-corrected chi connectivity index (χ3v) is 3.88. The molecule has 0 fully saturated rings. The van der Waals surface area contributed by atoms with Crippen molar-refractivity contribution in [1.82, 2.24) is 0 Å². The van der Waals surface area contributed by atoms with Crippen molar-refractivity contribution in [2.75, 3.05) is 12.9 Å². The van der Waals surface area contributed by atoms with Gasteiger partial charge in [0.1, 0.15) is 5.75 Å². The Morgan fingerprint density at radius 1 is 1.44 bits per heavy atom. The van der Waals surface area contributed by atoms with Gasteiger partial charge < -0.3 is 9.84 Å².